The molecule has 0 amide bonds. The number of aromatic carboxylic acids is 1. The Bertz CT molecular complexity index is 668. The monoisotopic (exact) mass is 256 g/mol. The second-order valence-electron chi connectivity index (χ2n) is 4.42. The SMILES string of the molecule is C=CCc1nc2cc(C)c(C(=O)O)c(CC=C)c2[nH]1. The summed E-state index contributed by atoms with van der Waals surface area (Å²) in [5.74, 6) is -0.131. The van der Waals surface area contributed by atoms with E-state index in [1.165, 1.54) is 0 Å². The van der Waals surface area contributed by atoms with E-state index in [9.17, 15) is 9.90 Å². The summed E-state index contributed by atoms with van der Waals surface area (Å²) in [5.41, 5.74) is 3.35. The van der Waals surface area contributed by atoms with Gasteiger partial charge < -0.3 is 10.1 Å². The molecule has 0 fully saturated rings. The maximum atomic E-state index is 11.4. The minimum Gasteiger partial charge on any atom is -0.478 e. The van der Waals surface area contributed by atoms with Gasteiger partial charge in [0.05, 0.1) is 16.6 Å². The number of nitrogens with zero attached hydrogens (tertiary/aromatic N) is 1. The molecule has 0 saturated heterocycles. The van der Waals surface area contributed by atoms with E-state index < -0.39 is 5.97 Å². The third-order valence-electron chi connectivity index (χ3n) is 3.03. The zero-order valence-electron chi connectivity index (χ0n) is 10.9. The standard InChI is InChI=1S/C15H16N2O2/c1-4-6-10-13(15(18)19)9(3)8-11-14(10)17-12(16-11)7-5-2/h4-5,8H,1-2,6-7H2,3H3,(H,16,17)(H,18,19). The number of carbonyl (C=O) groups is 1. The lowest BCUT2D eigenvalue weighted by Crippen LogP contribution is -2.06. The number of nitrogens with one attached hydrogen (secondary N) is 1. The maximum Gasteiger partial charge on any atom is 0.336 e. The molecule has 98 valence electrons. The number of hydrogen-bond acceptors (Lipinski definition) is 2. The molecule has 0 aliphatic heterocycles. The first kappa shape index (κ1) is 13.1. The fraction of sp³-hybridized carbons (Fsp3) is 0.200. The summed E-state index contributed by atoms with van der Waals surface area (Å²) in [7, 11) is 0. The molecule has 0 unspecified atom stereocenters. The number of aryl methyl sites for hydroxylation is 1. The number of fused-ring (bicyclic) bond motifs is 1. The van der Waals surface area contributed by atoms with Gasteiger partial charge in [0.15, 0.2) is 0 Å². The Labute approximate surface area is 111 Å². The predicted molar refractivity (Wildman–Crippen MR) is 75.6 cm³/mol. The number of imidazole rings is 1. The molecule has 0 spiro atoms. The molecule has 1 aromatic carbocycles. The van der Waals surface area contributed by atoms with Crippen LogP contribution in [-0.2, 0) is 12.8 Å². The van der Waals surface area contributed by atoms with Crippen LogP contribution in [0.4, 0.5) is 0 Å². The number of carboxylic acid groups (broad SMARTS) is 1. The molecule has 19 heavy (non-hydrogen) atoms. The Morgan fingerprint density at radius 2 is 2.11 bits per heavy atom. The Balaban J connectivity index is 2.77. The van der Waals surface area contributed by atoms with E-state index >= 15 is 0 Å². The highest BCUT2D eigenvalue weighted by molar-refractivity contribution is 5.97. The van der Waals surface area contributed by atoms with Crippen LogP contribution in [-0.4, -0.2) is 21.0 Å². The zero-order valence-corrected chi connectivity index (χ0v) is 10.9. The molecule has 0 atom stereocenters. The van der Waals surface area contributed by atoms with E-state index in [0.717, 1.165) is 22.4 Å². The molecule has 2 N–H and O–H groups in total. The number of benzene rings is 1. The molecule has 4 heteroatoms. The number of aromatic nitrogens is 2. The van der Waals surface area contributed by atoms with Gasteiger partial charge in [-0.1, -0.05) is 12.2 Å². The van der Waals surface area contributed by atoms with Crippen molar-refractivity contribution in [1.82, 2.24) is 9.97 Å². The molecule has 0 aliphatic carbocycles. The highest BCUT2D eigenvalue weighted by Gasteiger charge is 2.18. The summed E-state index contributed by atoms with van der Waals surface area (Å²) in [4.78, 5) is 19.0. The number of rotatable bonds is 5. The van der Waals surface area contributed by atoms with Crippen LogP contribution < -0.4 is 0 Å². The molecule has 0 saturated carbocycles. The lowest BCUT2D eigenvalue weighted by molar-refractivity contribution is 0.0695. The van der Waals surface area contributed by atoms with Gasteiger partial charge in [-0.3, -0.25) is 0 Å². The van der Waals surface area contributed by atoms with Crippen LogP contribution in [0.25, 0.3) is 11.0 Å². The minimum absolute atomic E-state index is 0.334. The summed E-state index contributed by atoms with van der Waals surface area (Å²) in [5, 5.41) is 9.36. The maximum absolute atomic E-state index is 11.4. The molecule has 2 aromatic rings. The number of hydrogen-bond donors (Lipinski definition) is 2. The van der Waals surface area contributed by atoms with Crippen LogP contribution in [0.3, 0.4) is 0 Å². The Morgan fingerprint density at radius 1 is 1.42 bits per heavy atom. The van der Waals surface area contributed by atoms with Gasteiger partial charge in [-0.05, 0) is 30.5 Å². The Morgan fingerprint density at radius 3 is 2.68 bits per heavy atom. The largest absolute Gasteiger partial charge is 0.478 e. The van der Waals surface area contributed by atoms with Gasteiger partial charge in [0.1, 0.15) is 5.82 Å². The Hall–Kier alpha value is -2.36. The first-order chi connectivity index (χ1) is 9.08. The lowest BCUT2D eigenvalue weighted by atomic mass is 9.98. The summed E-state index contributed by atoms with van der Waals surface area (Å²) in [6, 6.07) is 1.80. The van der Waals surface area contributed by atoms with Crippen LogP contribution >= 0.6 is 0 Å². The van der Waals surface area contributed by atoms with Crippen molar-refractivity contribution in [3.05, 3.63) is 53.9 Å². The predicted octanol–water partition coefficient (Wildman–Crippen LogP) is 3.03. The highest BCUT2D eigenvalue weighted by Crippen LogP contribution is 2.25. The van der Waals surface area contributed by atoms with Gasteiger partial charge >= 0.3 is 5.97 Å². The van der Waals surface area contributed by atoms with Crippen LogP contribution in [0, 0.1) is 6.92 Å². The minimum atomic E-state index is -0.920. The first-order valence-electron chi connectivity index (χ1n) is 6.04. The van der Waals surface area contributed by atoms with Crippen molar-refractivity contribution >= 4 is 17.0 Å². The van der Waals surface area contributed by atoms with Crippen molar-refractivity contribution < 1.29 is 9.90 Å². The summed E-state index contributed by atoms with van der Waals surface area (Å²) in [6.07, 6.45) is 4.59. The average molecular weight is 256 g/mol. The second kappa shape index (κ2) is 5.10. The normalized spacial score (nSPS) is 10.6. The number of H-pyrrole nitrogens is 1. The topological polar surface area (TPSA) is 66.0 Å². The fourth-order valence-electron chi connectivity index (χ4n) is 2.29. The fourth-order valence-corrected chi connectivity index (χ4v) is 2.29. The second-order valence-corrected chi connectivity index (χ2v) is 4.42. The summed E-state index contributed by atoms with van der Waals surface area (Å²) in [6.45, 7) is 9.16. The number of allylic oxidation sites excluding steroid dienone is 2. The average Bonchev–Trinajstić information content (AvgIpc) is 2.71. The lowest BCUT2D eigenvalue weighted by Gasteiger charge is -2.08. The molecule has 2 rings (SSSR count). The van der Waals surface area contributed by atoms with E-state index in [4.69, 9.17) is 0 Å². The number of aromatic amines is 1. The molecular weight excluding hydrogens is 240 g/mol. The molecule has 0 radical (unpaired) electrons. The van der Waals surface area contributed by atoms with Gasteiger partial charge in [0.25, 0.3) is 0 Å². The van der Waals surface area contributed by atoms with Crippen LogP contribution in [0.1, 0.15) is 27.3 Å². The molecule has 4 nitrogen and oxygen atoms in total. The van der Waals surface area contributed by atoms with Gasteiger partial charge in [0.2, 0.25) is 0 Å². The Kier molecular flexibility index (Phi) is 3.51. The van der Waals surface area contributed by atoms with Crippen molar-refractivity contribution in [2.75, 3.05) is 0 Å². The molecule has 0 aliphatic rings. The number of carboxylic acids is 1. The van der Waals surface area contributed by atoms with E-state index in [0.29, 0.717) is 24.0 Å². The summed E-state index contributed by atoms with van der Waals surface area (Å²) < 4.78 is 0. The van der Waals surface area contributed by atoms with Crippen molar-refractivity contribution in [2.24, 2.45) is 0 Å². The van der Waals surface area contributed by atoms with Gasteiger partial charge in [-0.2, -0.15) is 0 Å². The van der Waals surface area contributed by atoms with Crippen LogP contribution in [0.2, 0.25) is 0 Å². The molecule has 1 aromatic heterocycles. The smallest absolute Gasteiger partial charge is 0.336 e. The van der Waals surface area contributed by atoms with Gasteiger partial charge in [0, 0.05) is 6.42 Å². The van der Waals surface area contributed by atoms with E-state index in [2.05, 4.69) is 23.1 Å². The zero-order chi connectivity index (χ0) is 14.0. The van der Waals surface area contributed by atoms with Gasteiger partial charge in [-0.15, -0.1) is 13.2 Å². The van der Waals surface area contributed by atoms with Crippen LogP contribution in [0.5, 0.6) is 0 Å². The molecular formula is C15H16N2O2. The third kappa shape index (κ3) is 2.29. The highest BCUT2D eigenvalue weighted by atomic mass is 16.4. The van der Waals surface area contributed by atoms with Crippen molar-refractivity contribution in [2.45, 2.75) is 19.8 Å². The molecule has 1 heterocycles. The van der Waals surface area contributed by atoms with Crippen molar-refractivity contribution in [3.8, 4) is 0 Å². The molecule has 0 bridgehead atoms. The van der Waals surface area contributed by atoms with E-state index in [1.807, 2.05) is 0 Å². The van der Waals surface area contributed by atoms with Crippen molar-refractivity contribution in [3.63, 3.8) is 0 Å². The first-order valence-corrected chi connectivity index (χ1v) is 6.04. The van der Waals surface area contributed by atoms with Crippen molar-refractivity contribution in [1.29, 1.82) is 0 Å². The van der Waals surface area contributed by atoms with E-state index in [-0.39, 0.29) is 0 Å². The quantitative estimate of drug-likeness (QED) is 0.808. The van der Waals surface area contributed by atoms with Gasteiger partial charge in [-0.25, -0.2) is 9.78 Å². The van der Waals surface area contributed by atoms with E-state index in [1.54, 1.807) is 25.1 Å². The third-order valence-corrected chi connectivity index (χ3v) is 3.03. The van der Waals surface area contributed by atoms with Crippen LogP contribution in [0.15, 0.2) is 31.4 Å². The summed E-state index contributed by atoms with van der Waals surface area (Å²) >= 11 is 0.